The van der Waals surface area contributed by atoms with Crippen molar-refractivity contribution in [3.63, 3.8) is 0 Å². The smallest absolute Gasteiger partial charge is 0.330 e. The lowest BCUT2D eigenvalue weighted by Gasteiger charge is -2.24. The Kier molecular flexibility index (Phi) is 4.69. The van der Waals surface area contributed by atoms with Gasteiger partial charge < -0.3 is 15.4 Å². The third-order valence-electron chi connectivity index (χ3n) is 1.46. The lowest BCUT2D eigenvalue weighted by Crippen LogP contribution is -2.53. The summed E-state index contributed by atoms with van der Waals surface area (Å²) in [7, 11) is 1.35. The summed E-state index contributed by atoms with van der Waals surface area (Å²) in [5, 5.41) is 6.20. The van der Waals surface area contributed by atoms with Crippen LogP contribution in [-0.2, 0) is 9.53 Å². The molecule has 0 aromatic rings. The van der Waals surface area contributed by atoms with Crippen molar-refractivity contribution in [2.24, 2.45) is 0 Å². The first-order valence-electron chi connectivity index (χ1n) is 4.08. The van der Waals surface area contributed by atoms with E-state index in [0.717, 1.165) is 6.54 Å². The Morgan fingerprint density at radius 2 is 2.08 bits per heavy atom. The molecule has 0 fully saturated rings. The molecule has 0 heterocycles. The van der Waals surface area contributed by atoms with Crippen LogP contribution in [0.1, 0.15) is 20.8 Å². The van der Waals surface area contributed by atoms with E-state index in [-0.39, 0.29) is 5.97 Å². The minimum absolute atomic E-state index is 0.340. The van der Waals surface area contributed by atoms with Gasteiger partial charge in [-0.15, -0.1) is 0 Å². The minimum Gasteiger partial charge on any atom is -0.467 e. The van der Waals surface area contributed by atoms with Gasteiger partial charge in [0.2, 0.25) is 0 Å². The summed E-state index contributed by atoms with van der Waals surface area (Å²) in [4.78, 5) is 11.2. The van der Waals surface area contributed by atoms with Gasteiger partial charge in [0.15, 0.2) is 5.11 Å². The van der Waals surface area contributed by atoms with Gasteiger partial charge in [0.1, 0.15) is 5.54 Å². The van der Waals surface area contributed by atoms with E-state index in [9.17, 15) is 4.79 Å². The van der Waals surface area contributed by atoms with Crippen molar-refractivity contribution in [1.29, 1.82) is 0 Å². The summed E-state index contributed by atoms with van der Waals surface area (Å²) in [5.74, 6) is -0.340. The molecule has 0 radical (unpaired) electrons. The summed E-state index contributed by atoms with van der Waals surface area (Å²) in [6.07, 6.45) is 0. The summed E-state index contributed by atoms with van der Waals surface area (Å²) >= 11 is 4.94. The second-order valence-corrected chi connectivity index (χ2v) is 3.51. The van der Waals surface area contributed by atoms with E-state index in [0.29, 0.717) is 5.11 Å². The van der Waals surface area contributed by atoms with Crippen molar-refractivity contribution in [2.45, 2.75) is 26.3 Å². The highest BCUT2D eigenvalue weighted by molar-refractivity contribution is 7.80. The molecule has 0 atom stereocenters. The molecule has 0 spiro atoms. The van der Waals surface area contributed by atoms with Gasteiger partial charge in [-0.05, 0) is 33.0 Å². The van der Waals surface area contributed by atoms with E-state index in [2.05, 4.69) is 15.4 Å². The van der Waals surface area contributed by atoms with Crippen molar-refractivity contribution < 1.29 is 9.53 Å². The molecule has 0 aliphatic carbocycles. The van der Waals surface area contributed by atoms with Crippen LogP contribution < -0.4 is 10.6 Å². The largest absolute Gasteiger partial charge is 0.467 e. The molecule has 0 aliphatic rings. The second kappa shape index (κ2) is 5.01. The van der Waals surface area contributed by atoms with Crippen LogP contribution in [0.4, 0.5) is 0 Å². The molecule has 0 aromatic carbocycles. The number of esters is 1. The van der Waals surface area contributed by atoms with Crippen molar-refractivity contribution in [1.82, 2.24) is 10.6 Å². The molecule has 0 saturated heterocycles. The number of nitrogens with one attached hydrogen (secondary N) is 2. The molecule has 2 N–H and O–H groups in total. The van der Waals surface area contributed by atoms with Gasteiger partial charge in [0.05, 0.1) is 7.11 Å². The fourth-order valence-corrected chi connectivity index (χ4v) is 1.19. The second-order valence-electron chi connectivity index (χ2n) is 3.10. The standard InChI is InChI=1S/C8H16N2O2S/c1-5-9-7(13)10-8(2,3)6(11)12-4/h5H2,1-4H3,(H2,9,10,13). The molecular formula is C8H16N2O2S. The SMILES string of the molecule is CCNC(=S)NC(C)(C)C(=O)OC. The predicted molar refractivity (Wildman–Crippen MR) is 55.5 cm³/mol. The van der Waals surface area contributed by atoms with E-state index in [1.54, 1.807) is 13.8 Å². The maximum absolute atomic E-state index is 11.2. The highest BCUT2D eigenvalue weighted by Crippen LogP contribution is 2.03. The van der Waals surface area contributed by atoms with Crippen LogP contribution in [0.25, 0.3) is 0 Å². The number of carbonyl (C=O) groups is 1. The lowest BCUT2D eigenvalue weighted by molar-refractivity contribution is -0.146. The number of hydrogen-bond acceptors (Lipinski definition) is 3. The van der Waals surface area contributed by atoms with Gasteiger partial charge in [-0.25, -0.2) is 4.79 Å². The zero-order valence-corrected chi connectivity index (χ0v) is 9.25. The zero-order valence-electron chi connectivity index (χ0n) is 8.43. The highest BCUT2D eigenvalue weighted by atomic mass is 32.1. The molecule has 0 amide bonds. The molecule has 13 heavy (non-hydrogen) atoms. The molecule has 0 rings (SSSR count). The number of thiocarbonyl (C=S) groups is 1. The Hall–Kier alpha value is -0.840. The predicted octanol–water partition coefficient (Wildman–Crippen LogP) is 0.422. The van der Waals surface area contributed by atoms with E-state index in [4.69, 9.17) is 12.2 Å². The van der Waals surface area contributed by atoms with Crippen LogP contribution in [0.15, 0.2) is 0 Å². The van der Waals surface area contributed by atoms with Crippen molar-refractivity contribution >= 4 is 23.3 Å². The summed E-state index contributed by atoms with van der Waals surface area (Å²) < 4.78 is 4.61. The molecule has 0 aromatic heterocycles. The summed E-state index contributed by atoms with van der Waals surface area (Å²) in [6, 6.07) is 0. The minimum atomic E-state index is -0.784. The van der Waals surface area contributed by atoms with Crippen molar-refractivity contribution in [2.75, 3.05) is 13.7 Å². The van der Waals surface area contributed by atoms with E-state index in [1.807, 2.05) is 6.92 Å². The quantitative estimate of drug-likeness (QED) is 0.515. The normalized spacial score (nSPS) is 10.5. The number of rotatable bonds is 3. The van der Waals surface area contributed by atoms with Crippen LogP contribution >= 0.6 is 12.2 Å². The molecule has 76 valence electrons. The van der Waals surface area contributed by atoms with Crippen LogP contribution in [0.2, 0.25) is 0 Å². The van der Waals surface area contributed by atoms with Gasteiger partial charge in [0.25, 0.3) is 0 Å². The Bertz CT molecular complexity index is 204. The first kappa shape index (κ1) is 12.2. The van der Waals surface area contributed by atoms with Crippen LogP contribution in [0.5, 0.6) is 0 Å². The Morgan fingerprint density at radius 1 is 1.54 bits per heavy atom. The maximum Gasteiger partial charge on any atom is 0.330 e. The molecular weight excluding hydrogens is 188 g/mol. The monoisotopic (exact) mass is 204 g/mol. The summed E-state index contributed by atoms with van der Waals surface area (Å²) in [6.45, 7) is 6.08. The Labute approximate surface area is 84.0 Å². The topological polar surface area (TPSA) is 50.4 Å². The summed E-state index contributed by atoms with van der Waals surface area (Å²) in [5.41, 5.74) is -0.784. The molecule has 4 nitrogen and oxygen atoms in total. The number of methoxy groups -OCH3 is 1. The van der Waals surface area contributed by atoms with Crippen LogP contribution in [0, 0.1) is 0 Å². The first-order chi connectivity index (χ1) is 5.94. The van der Waals surface area contributed by atoms with Crippen molar-refractivity contribution in [3.8, 4) is 0 Å². The van der Waals surface area contributed by atoms with Crippen LogP contribution in [0.3, 0.4) is 0 Å². The van der Waals surface area contributed by atoms with Gasteiger partial charge >= 0.3 is 5.97 Å². The average molecular weight is 204 g/mol. The molecule has 0 aliphatic heterocycles. The Balaban J connectivity index is 4.16. The van der Waals surface area contributed by atoms with E-state index < -0.39 is 5.54 Å². The van der Waals surface area contributed by atoms with Gasteiger partial charge in [0, 0.05) is 6.54 Å². The third-order valence-corrected chi connectivity index (χ3v) is 1.71. The van der Waals surface area contributed by atoms with Gasteiger partial charge in [-0.3, -0.25) is 0 Å². The van der Waals surface area contributed by atoms with Crippen molar-refractivity contribution in [3.05, 3.63) is 0 Å². The average Bonchev–Trinajstić information content (AvgIpc) is 2.02. The fourth-order valence-electron chi connectivity index (χ4n) is 0.795. The van der Waals surface area contributed by atoms with Gasteiger partial charge in [-0.1, -0.05) is 0 Å². The third kappa shape index (κ3) is 4.07. The number of hydrogen-bond donors (Lipinski definition) is 2. The number of carbonyl (C=O) groups excluding carboxylic acids is 1. The number of ether oxygens (including phenoxy) is 1. The van der Waals surface area contributed by atoms with E-state index >= 15 is 0 Å². The molecule has 0 bridgehead atoms. The molecule has 0 saturated carbocycles. The first-order valence-corrected chi connectivity index (χ1v) is 4.49. The lowest BCUT2D eigenvalue weighted by atomic mass is 10.1. The van der Waals surface area contributed by atoms with E-state index in [1.165, 1.54) is 7.11 Å². The van der Waals surface area contributed by atoms with Crippen LogP contribution in [-0.4, -0.2) is 30.3 Å². The fraction of sp³-hybridized carbons (Fsp3) is 0.750. The maximum atomic E-state index is 11.2. The Morgan fingerprint density at radius 3 is 2.46 bits per heavy atom. The molecule has 5 heteroatoms. The highest BCUT2D eigenvalue weighted by Gasteiger charge is 2.28. The van der Waals surface area contributed by atoms with Gasteiger partial charge in [-0.2, -0.15) is 0 Å². The zero-order chi connectivity index (χ0) is 10.5. The molecule has 0 unspecified atom stereocenters.